The van der Waals surface area contributed by atoms with Gasteiger partial charge in [0.1, 0.15) is 5.82 Å². The quantitative estimate of drug-likeness (QED) is 0.781. The Hall–Kier alpha value is -2.05. The van der Waals surface area contributed by atoms with Gasteiger partial charge in [0.05, 0.1) is 5.69 Å². The van der Waals surface area contributed by atoms with Crippen LogP contribution in [0.2, 0.25) is 5.02 Å². The zero-order valence-electron chi connectivity index (χ0n) is 14.0. The zero-order valence-corrected chi connectivity index (χ0v) is 15.6. The lowest BCUT2D eigenvalue weighted by Gasteiger charge is -2.33. The fourth-order valence-electron chi connectivity index (χ4n) is 3.68. The highest BCUT2D eigenvalue weighted by molar-refractivity contribution is 8.01. The summed E-state index contributed by atoms with van der Waals surface area (Å²) >= 11 is 7.62. The Labute approximate surface area is 159 Å². The van der Waals surface area contributed by atoms with E-state index in [4.69, 9.17) is 11.6 Å². The second kappa shape index (κ2) is 6.28. The van der Waals surface area contributed by atoms with Gasteiger partial charge in [0.15, 0.2) is 4.87 Å². The predicted octanol–water partition coefficient (Wildman–Crippen LogP) is 3.89. The third-order valence-corrected chi connectivity index (χ3v) is 6.44. The van der Waals surface area contributed by atoms with Gasteiger partial charge in [0, 0.05) is 35.0 Å². The smallest absolute Gasteiger partial charge is 0.268 e. The zero-order chi connectivity index (χ0) is 18.5. The lowest BCUT2D eigenvalue weighted by molar-refractivity contribution is -0.123. The number of fused-ring (bicyclic) bond motifs is 2. The second-order valence-corrected chi connectivity index (χ2v) is 7.89. The number of hydrogen-bond donors (Lipinski definition) is 0. The number of nitrogens with zero attached hydrogens (tertiary/aromatic N) is 2. The largest absolute Gasteiger partial charge is 0.311 e. The molecule has 0 saturated carbocycles. The van der Waals surface area contributed by atoms with Crippen molar-refractivity contribution in [3.8, 4) is 0 Å². The van der Waals surface area contributed by atoms with Crippen LogP contribution in [0, 0.1) is 5.82 Å². The van der Waals surface area contributed by atoms with E-state index in [9.17, 15) is 14.0 Å². The van der Waals surface area contributed by atoms with Crippen molar-refractivity contribution in [3.63, 3.8) is 0 Å². The van der Waals surface area contributed by atoms with E-state index in [1.54, 1.807) is 28.0 Å². The van der Waals surface area contributed by atoms with Crippen molar-refractivity contribution >= 4 is 40.9 Å². The van der Waals surface area contributed by atoms with Gasteiger partial charge in [-0.1, -0.05) is 17.7 Å². The number of thioether (sulfide) groups is 1. The summed E-state index contributed by atoms with van der Waals surface area (Å²) < 4.78 is 13.6. The van der Waals surface area contributed by atoms with Gasteiger partial charge in [-0.3, -0.25) is 9.59 Å². The van der Waals surface area contributed by atoms with Gasteiger partial charge in [-0.2, -0.15) is 0 Å². The molecule has 0 aliphatic carbocycles. The first kappa shape index (κ1) is 17.4. The van der Waals surface area contributed by atoms with Crippen LogP contribution in [0.25, 0.3) is 0 Å². The van der Waals surface area contributed by atoms with Gasteiger partial charge in [-0.05, 0) is 43.3 Å². The van der Waals surface area contributed by atoms with Crippen molar-refractivity contribution in [1.29, 1.82) is 0 Å². The molecule has 134 valence electrons. The van der Waals surface area contributed by atoms with Crippen molar-refractivity contribution in [2.75, 3.05) is 23.7 Å². The van der Waals surface area contributed by atoms with Gasteiger partial charge in [0.25, 0.3) is 11.8 Å². The highest BCUT2D eigenvalue weighted by Gasteiger charge is 2.59. The van der Waals surface area contributed by atoms with Gasteiger partial charge >= 0.3 is 0 Å². The van der Waals surface area contributed by atoms with E-state index in [0.717, 1.165) is 11.3 Å². The molecule has 1 saturated heterocycles. The van der Waals surface area contributed by atoms with Crippen LogP contribution in [0.15, 0.2) is 42.5 Å². The molecule has 1 atom stereocenters. The number of likely N-dealkylation sites (N-methyl/N-ethyl adjacent to an activating group) is 1. The van der Waals surface area contributed by atoms with Crippen LogP contribution in [0.5, 0.6) is 0 Å². The molecule has 1 spiro atoms. The maximum atomic E-state index is 13.6. The van der Waals surface area contributed by atoms with E-state index < -0.39 is 10.7 Å². The molecule has 26 heavy (non-hydrogen) atoms. The molecule has 7 heteroatoms. The molecule has 0 aromatic heterocycles. The fourth-order valence-corrected chi connectivity index (χ4v) is 5.30. The van der Waals surface area contributed by atoms with E-state index >= 15 is 0 Å². The molecule has 0 bridgehead atoms. The van der Waals surface area contributed by atoms with E-state index in [-0.39, 0.29) is 17.4 Å². The standard InChI is InChI=1S/C19H16ClFN2O2S/c1-2-22-16-7-6-13(20)11-15(16)19(18(22)25)23(8-9-26-19)17(24)12-4-3-5-14(21)10-12/h3-7,10-11H,2,8-9H2,1H3. The third-order valence-electron chi connectivity index (χ3n) is 4.79. The molecule has 2 aromatic carbocycles. The summed E-state index contributed by atoms with van der Waals surface area (Å²) in [7, 11) is 0. The molecule has 0 radical (unpaired) electrons. The first-order chi connectivity index (χ1) is 12.5. The SMILES string of the molecule is CCN1C(=O)C2(SCCN2C(=O)c2cccc(F)c2)c2cc(Cl)ccc21. The molecule has 4 rings (SSSR count). The molecule has 2 aliphatic rings. The number of hydrogen-bond acceptors (Lipinski definition) is 3. The normalized spacial score (nSPS) is 21.6. The molecule has 1 unspecified atom stereocenters. The van der Waals surface area contributed by atoms with Crippen LogP contribution in [0.4, 0.5) is 10.1 Å². The average Bonchev–Trinajstić information content (AvgIpc) is 3.17. The van der Waals surface area contributed by atoms with Gasteiger partial charge in [-0.25, -0.2) is 4.39 Å². The number of rotatable bonds is 2. The number of carbonyl (C=O) groups is 2. The maximum Gasteiger partial charge on any atom is 0.268 e. The Morgan fingerprint density at radius 3 is 2.85 bits per heavy atom. The van der Waals surface area contributed by atoms with Gasteiger partial charge in [-0.15, -0.1) is 11.8 Å². The number of benzene rings is 2. The third kappa shape index (κ3) is 2.36. The summed E-state index contributed by atoms with van der Waals surface area (Å²) in [5, 5.41) is 0.513. The Morgan fingerprint density at radius 1 is 1.31 bits per heavy atom. The highest BCUT2D eigenvalue weighted by Crippen LogP contribution is 2.54. The van der Waals surface area contributed by atoms with Gasteiger partial charge in [0.2, 0.25) is 0 Å². The summed E-state index contributed by atoms with van der Waals surface area (Å²) in [6.07, 6.45) is 0. The Bertz CT molecular complexity index is 922. The predicted molar refractivity (Wildman–Crippen MR) is 101 cm³/mol. The summed E-state index contributed by atoms with van der Waals surface area (Å²) in [4.78, 5) is 28.6. The first-order valence-corrected chi connectivity index (χ1v) is 9.69. The maximum absolute atomic E-state index is 13.6. The van der Waals surface area contributed by atoms with Crippen molar-refractivity contribution in [2.45, 2.75) is 11.8 Å². The number of amides is 2. The van der Waals surface area contributed by atoms with Crippen LogP contribution >= 0.6 is 23.4 Å². The van der Waals surface area contributed by atoms with Crippen molar-refractivity contribution in [3.05, 3.63) is 64.4 Å². The summed E-state index contributed by atoms with van der Waals surface area (Å²) in [6.45, 7) is 2.81. The Morgan fingerprint density at radius 2 is 2.12 bits per heavy atom. The van der Waals surface area contributed by atoms with E-state index in [1.165, 1.54) is 30.0 Å². The van der Waals surface area contributed by atoms with Crippen molar-refractivity contribution < 1.29 is 14.0 Å². The molecule has 2 aliphatic heterocycles. The first-order valence-electron chi connectivity index (χ1n) is 8.32. The Kier molecular flexibility index (Phi) is 4.20. The number of anilines is 1. The monoisotopic (exact) mass is 390 g/mol. The van der Waals surface area contributed by atoms with Crippen molar-refractivity contribution in [1.82, 2.24) is 4.90 Å². The molecule has 2 heterocycles. The van der Waals surface area contributed by atoms with Crippen LogP contribution in [0.3, 0.4) is 0 Å². The highest BCUT2D eigenvalue weighted by atomic mass is 35.5. The number of halogens is 2. The topological polar surface area (TPSA) is 40.6 Å². The summed E-state index contributed by atoms with van der Waals surface area (Å²) in [5.74, 6) is -0.361. The molecule has 2 aromatic rings. The van der Waals surface area contributed by atoms with Crippen LogP contribution in [0.1, 0.15) is 22.8 Å². The van der Waals surface area contributed by atoms with Gasteiger partial charge < -0.3 is 9.80 Å². The molecule has 4 nitrogen and oxygen atoms in total. The molecular weight excluding hydrogens is 375 g/mol. The molecular formula is C19H16ClFN2O2S. The van der Waals surface area contributed by atoms with Crippen molar-refractivity contribution in [2.24, 2.45) is 0 Å². The molecule has 0 N–H and O–H groups in total. The lowest BCUT2D eigenvalue weighted by Crippen LogP contribution is -2.50. The Balaban J connectivity index is 1.86. The van der Waals surface area contributed by atoms with Crippen LogP contribution in [-0.2, 0) is 9.67 Å². The molecule has 2 amide bonds. The average molecular weight is 391 g/mol. The van der Waals surface area contributed by atoms with Crippen LogP contribution in [-0.4, -0.2) is 35.6 Å². The minimum Gasteiger partial charge on any atom is -0.311 e. The number of carbonyl (C=O) groups excluding carboxylic acids is 2. The minimum absolute atomic E-state index is 0.149. The van der Waals surface area contributed by atoms with E-state index in [2.05, 4.69) is 0 Å². The van der Waals surface area contributed by atoms with Crippen LogP contribution < -0.4 is 4.90 Å². The summed E-state index contributed by atoms with van der Waals surface area (Å²) in [5.41, 5.74) is 1.73. The fraction of sp³-hybridized carbons (Fsp3) is 0.263. The molecule has 1 fully saturated rings. The lowest BCUT2D eigenvalue weighted by atomic mass is 10.0. The summed E-state index contributed by atoms with van der Waals surface area (Å²) in [6, 6.07) is 10.9. The minimum atomic E-state index is -1.14. The van der Waals surface area contributed by atoms with E-state index in [0.29, 0.717) is 23.9 Å². The van der Waals surface area contributed by atoms with E-state index in [1.807, 2.05) is 13.0 Å². The second-order valence-electron chi connectivity index (χ2n) is 6.17.